The first kappa shape index (κ1) is 17.2. The zero-order valence-electron chi connectivity index (χ0n) is 14.2. The first-order valence-corrected chi connectivity index (χ1v) is 8.65. The van der Waals surface area contributed by atoms with Crippen molar-refractivity contribution in [2.45, 2.75) is 64.0 Å². The Hall–Kier alpha value is -0.160. The summed E-state index contributed by atoms with van der Waals surface area (Å²) in [6, 6.07) is 0.522. The minimum Gasteiger partial charge on any atom is -0.389 e. The van der Waals surface area contributed by atoms with Gasteiger partial charge in [-0.1, -0.05) is 26.7 Å². The van der Waals surface area contributed by atoms with Gasteiger partial charge in [-0.25, -0.2) is 0 Å². The van der Waals surface area contributed by atoms with Crippen molar-refractivity contribution in [2.75, 3.05) is 39.9 Å². The molecule has 1 aliphatic carbocycles. The third-order valence-corrected chi connectivity index (χ3v) is 5.14. The number of nitrogens with one attached hydrogen (secondary N) is 1. The van der Waals surface area contributed by atoms with Crippen molar-refractivity contribution in [3.8, 4) is 0 Å². The Morgan fingerprint density at radius 1 is 1.10 bits per heavy atom. The van der Waals surface area contributed by atoms with E-state index in [4.69, 9.17) is 4.74 Å². The molecule has 2 fully saturated rings. The molecule has 0 aromatic heterocycles. The second-order valence-electron chi connectivity index (χ2n) is 7.75. The van der Waals surface area contributed by atoms with Gasteiger partial charge in [-0.05, 0) is 38.1 Å². The van der Waals surface area contributed by atoms with E-state index in [0.717, 1.165) is 58.5 Å². The maximum Gasteiger partial charge on any atom is 0.0774 e. The Kier molecular flexibility index (Phi) is 6.06. The maximum atomic E-state index is 10.6. The average molecular weight is 298 g/mol. The molecule has 124 valence electrons. The monoisotopic (exact) mass is 298 g/mol. The lowest BCUT2D eigenvalue weighted by Gasteiger charge is -2.42. The van der Waals surface area contributed by atoms with Crippen LogP contribution in [0, 0.1) is 5.41 Å². The fourth-order valence-electron chi connectivity index (χ4n) is 3.94. The highest BCUT2D eigenvalue weighted by atomic mass is 16.5. The quantitative estimate of drug-likeness (QED) is 0.755. The van der Waals surface area contributed by atoms with Crippen LogP contribution in [0.15, 0.2) is 0 Å². The molecule has 1 saturated carbocycles. The van der Waals surface area contributed by atoms with Crippen molar-refractivity contribution in [3.05, 3.63) is 0 Å². The first-order valence-electron chi connectivity index (χ1n) is 8.65. The number of rotatable bonds is 7. The summed E-state index contributed by atoms with van der Waals surface area (Å²) in [7, 11) is 2.17. The summed E-state index contributed by atoms with van der Waals surface area (Å²) in [5, 5.41) is 14.2. The lowest BCUT2D eigenvalue weighted by Crippen LogP contribution is -2.50. The number of aliphatic hydroxyl groups is 1. The van der Waals surface area contributed by atoms with Gasteiger partial charge < -0.3 is 20.1 Å². The van der Waals surface area contributed by atoms with Crippen LogP contribution in [0.4, 0.5) is 0 Å². The van der Waals surface area contributed by atoms with E-state index in [1.807, 2.05) is 0 Å². The van der Waals surface area contributed by atoms with Crippen molar-refractivity contribution >= 4 is 0 Å². The summed E-state index contributed by atoms with van der Waals surface area (Å²) in [6.45, 7) is 9.08. The van der Waals surface area contributed by atoms with Crippen LogP contribution in [0.25, 0.3) is 0 Å². The van der Waals surface area contributed by atoms with Gasteiger partial charge in [-0.15, -0.1) is 0 Å². The van der Waals surface area contributed by atoms with Crippen LogP contribution >= 0.6 is 0 Å². The second kappa shape index (κ2) is 7.40. The van der Waals surface area contributed by atoms with E-state index in [2.05, 4.69) is 31.1 Å². The molecule has 1 saturated heterocycles. The van der Waals surface area contributed by atoms with Gasteiger partial charge >= 0.3 is 0 Å². The van der Waals surface area contributed by atoms with E-state index in [1.165, 1.54) is 12.8 Å². The minimum atomic E-state index is -0.438. The largest absolute Gasteiger partial charge is 0.389 e. The topological polar surface area (TPSA) is 44.7 Å². The predicted molar refractivity (Wildman–Crippen MR) is 86.5 cm³/mol. The average Bonchev–Trinajstić information content (AvgIpc) is 2.83. The van der Waals surface area contributed by atoms with Crippen LogP contribution in [0.1, 0.15) is 52.4 Å². The number of likely N-dealkylation sites (N-methyl/N-ethyl adjacent to an activating group) is 1. The molecule has 0 aromatic carbocycles. The minimum absolute atomic E-state index is 0.298. The van der Waals surface area contributed by atoms with Crippen molar-refractivity contribution in [1.82, 2.24) is 10.2 Å². The number of hydrogen-bond donors (Lipinski definition) is 2. The van der Waals surface area contributed by atoms with Crippen molar-refractivity contribution in [1.29, 1.82) is 0 Å². The molecule has 0 aromatic rings. The Morgan fingerprint density at radius 3 is 2.29 bits per heavy atom. The Bertz CT molecular complexity index is 308. The van der Waals surface area contributed by atoms with Gasteiger partial charge in [0.1, 0.15) is 0 Å². The van der Waals surface area contributed by atoms with E-state index in [9.17, 15) is 5.11 Å². The molecule has 4 heteroatoms. The van der Waals surface area contributed by atoms with Gasteiger partial charge in [0.05, 0.1) is 5.60 Å². The smallest absolute Gasteiger partial charge is 0.0774 e. The van der Waals surface area contributed by atoms with Gasteiger partial charge in [0.15, 0.2) is 0 Å². The zero-order valence-corrected chi connectivity index (χ0v) is 14.2. The summed E-state index contributed by atoms with van der Waals surface area (Å²) in [4.78, 5) is 2.36. The summed E-state index contributed by atoms with van der Waals surface area (Å²) in [5.41, 5.74) is -0.140. The van der Waals surface area contributed by atoms with Crippen LogP contribution in [0.2, 0.25) is 0 Å². The fourth-order valence-corrected chi connectivity index (χ4v) is 3.94. The number of ether oxygens (including phenoxy) is 1. The predicted octanol–water partition coefficient (Wildman–Crippen LogP) is 2.02. The fraction of sp³-hybridized carbons (Fsp3) is 1.00. The van der Waals surface area contributed by atoms with E-state index in [-0.39, 0.29) is 0 Å². The summed E-state index contributed by atoms with van der Waals surface area (Å²) < 4.78 is 5.57. The normalized spacial score (nSPS) is 24.9. The van der Waals surface area contributed by atoms with Crippen molar-refractivity contribution in [2.24, 2.45) is 5.41 Å². The Morgan fingerprint density at radius 2 is 1.71 bits per heavy atom. The molecule has 0 bridgehead atoms. The van der Waals surface area contributed by atoms with Crippen molar-refractivity contribution in [3.63, 3.8) is 0 Å². The number of hydrogen-bond acceptors (Lipinski definition) is 4. The highest BCUT2D eigenvalue weighted by molar-refractivity contribution is 4.91. The molecule has 4 nitrogen and oxygen atoms in total. The molecule has 1 aliphatic heterocycles. The summed E-state index contributed by atoms with van der Waals surface area (Å²) >= 11 is 0. The maximum absolute atomic E-state index is 10.6. The molecule has 0 unspecified atom stereocenters. The molecule has 2 rings (SSSR count). The van der Waals surface area contributed by atoms with E-state index >= 15 is 0 Å². The van der Waals surface area contributed by atoms with E-state index in [1.54, 1.807) is 0 Å². The van der Waals surface area contributed by atoms with Crippen LogP contribution in [-0.2, 0) is 4.74 Å². The van der Waals surface area contributed by atoms with Gasteiger partial charge in [0, 0.05) is 38.9 Å². The molecule has 0 spiro atoms. The first-order chi connectivity index (χ1) is 9.93. The Labute approximate surface area is 130 Å². The van der Waals surface area contributed by atoms with Crippen LogP contribution in [-0.4, -0.2) is 61.5 Å². The summed E-state index contributed by atoms with van der Waals surface area (Å²) in [6.07, 6.45) is 6.54. The third kappa shape index (κ3) is 5.20. The second-order valence-corrected chi connectivity index (χ2v) is 7.75. The molecule has 0 amide bonds. The lowest BCUT2D eigenvalue weighted by molar-refractivity contribution is -0.0261. The highest BCUT2D eigenvalue weighted by Crippen LogP contribution is 2.34. The molecule has 0 atom stereocenters. The molecule has 1 heterocycles. The van der Waals surface area contributed by atoms with Crippen LogP contribution in [0.3, 0.4) is 0 Å². The Balaban J connectivity index is 1.90. The van der Waals surface area contributed by atoms with Gasteiger partial charge in [0.2, 0.25) is 0 Å². The van der Waals surface area contributed by atoms with Crippen LogP contribution < -0.4 is 5.32 Å². The molecule has 21 heavy (non-hydrogen) atoms. The summed E-state index contributed by atoms with van der Waals surface area (Å²) in [5.74, 6) is 0. The lowest BCUT2D eigenvalue weighted by atomic mass is 9.79. The molecule has 2 N–H and O–H groups in total. The van der Waals surface area contributed by atoms with E-state index in [0.29, 0.717) is 11.5 Å². The molecular formula is C17H34N2O2. The van der Waals surface area contributed by atoms with Gasteiger partial charge in [0.25, 0.3) is 0 Å². The zero-order chi connectivity index (χ0) is 15.3. The number of nitrogens with zero attached hydrogens (tertiary/aromatic N) is 1. The van der Waals surface area contributed by atoms with E-state index < -0.39 is 5.60 Å². The van der Waals surface area contributed by atoms with Crippen molar-refractivity contribution < 1.29 is 9.84 Å². The van der Waals surface area contributed by atoms with Gasteiger partial charge in [-0.2, -0.15) is 0 Å². The van der Waals surface area contributed by atoms with Gasteiger partial charge in [-0.3, -0.25) is 0 Å². The SMILES string of the molecule is CC(C)NCC1(CN(C)CC2(O)CCCC2)CCOCC1. The molecule has 0 radical (unpaired) electrons. The highest BCUT2D eigenvalue weighted by Gasteiger charge is 2.37. The van der Waals surface area contributed by atoms with Crippen LogP contribution in [0.5, 0.6) is 0 Å². The third-order valence-electron chi connectivity index (χ3n) is 5.14. The molecule has 2 aliphatic rings. The molecular weight excluding hydrogens is 264 g/mol. The standard InChI is InChI=1S/C17H34N2O2/c1-15(2)18-12-16(8-10-21-11-9-16)13-19(3)14-17(20)6-4-5-7-17/h15,18,20H,4-14H2,1-3H3.